The van der Waals surface area contributed by atoms with Crippen molar-refractivity contribution >= 4 is 34.9 Å². The van der Waals surface area contributed by atoms with Crippen molar-refractivity contribution in [3.8, 4) is 11.5 Å². The largest absolute Gasteiger partial charge is 0.465 e. The summed E-state index contributed by atoms with van der Waals surface area (Å²) in [6.45, 7) is 0. The molecule has 8 heteroatoms. The summed E-state index contributed by atoms with van der Waals surface area (Å²) < 4.78 is 10.1. The van der Waals surface area contributed by atoms with Crippen LogP contribution in [0.3, 0.4) is 0 Å². The van der Waals surface area contributed by atoms with Gasteiger partial charge in [-0.2, -0.15) is 0 Å². The molecule has 0 aliphatic carbocycles. The normalized spacial score (nSPS) is 10.1. The molecule has 6 nitrogen and oxygen atoms in total. The van der Waals surface area contributed by atoms with Crippen LogP contribution in [0.5, 0.6) is 11.5 Å². The molecule has 0 bridgehead atoms. The Bertz CT molecular complexity index is 748. The van der Waals surface area contributed by atoms with Crippen molar-refractivity contribution in [2.75, 3.05) is 7.11 Å². The Hall–Kier alpha value is -2.31. The zero-order chi connectivity index (χ0) is 16.3. The number of ether oxygens (including phenoxy) is 2. The molecule has 0 N–H and O–H groups in total. The minimum Gasteiger partial charge on any atom is -0.465 e. The molecule has 0 heterocycles. The molecule has 114 valence electrons. The second-order valence-electron chi connectivity index (χ2n) is 4.11. The minimum atomic E-state index is -0.760. The Labute approximate surface area is 135 Å². The molecular formula is C14H9Cl2NO5. The van der Waals surface area contributed by atoms with Crippen molar-refractivity contribution in [1.82, 2.24) is 0 Å². The van der Waals surface area contributed by atoms with Crippen molar-refractivity contribution in [2.45, 2.75) is 0 Å². The van der Waals surface area contributed by atoms with Crippen molar-refractivity contribution < 1.29 is 19.2 Å². The first kappa shape index (κ1) is 16.1. The molecule has 22 heavy (non-hydrogen) atoms. The average Bonchev–Trinajstić information content (AvgIpc) is 2.49. The maximum atomic E-state index is 11.8. The third-order valence-corrected chi connectivity index (χ3v) is 3.22. The van der Waals surface area contributed by atoms with E-state index in [4.69, 9.17) is 27.9 Å². The fourth-order valence-corrected chi connectivity index (χ4v) is 2.11. The molecule has 0 unspecified atom stereocenters. The number of halogens is 2. The molecule has 0 atom stereocenters. The number of methoxy groups -OCH3 is 1. The molecule has 0 spiro atoms. The van der Waals surface area contributed by atoms with Crippen molar-refractivity contribution in [3.63, 3.8) is 0 Å². The van der Waals surface area contributed by atoms with E-state index in [-0.39, 0.29) is 27.8 Å². The van der Waals surface area contributed by atoms with Crippen molar-refractivity contribution in [2.24, 2.45) is 0 Å². The van der Waals surface area contributed by atoms with Crippen LogP contribution in [0.2, 0.25) is 10.0 Å². The second kappa shape index (κ2) is 6.64. The number of hydrogen-bond donors (Lipinski definition) is 0. The molecule has 0 aliphatic rings. The van der Waals surface area contributed by atoms with Crippen LogP contribution in [0.25, 0.3) is 0 Å². The number of nitro benzene ring substituents is 1. The van der Waals surface area contributed by atoms with Gasteiger partial charge in [-0.25, -0.2) is 4.79 Å². The molecule has 0 radical (unpaired) electrons. The first-order valence-electron chi connectivity index (χ1n) is 5.92. The van der Waals surface area contributed by atoms with E-state index < -0.39 is 10.9 Å². The van der Waals surface area contributed by atoms with Crippen molar-refractivity contribution in [3.05, 3.63) is 62.1 Å². The molecule has 2 rings (SSSR count). The molecule has 0 saturated carbocycles. The smallest absolute Gasteiger partial charge is 0.341 e. The molecule has 0 aromatic heterocycles. The number of rotatable bonds is 4. The van der Waals surface area contributed by atoms with Crippen LogP contribution in [0.15, 0.2) is 36.4 Å². The third kappa shape index (κ3) is 3.47. The first-order valence-corrected chi connectivity index (χ1v) is 6.67. The Kier molecular flexibility index (Phi) is 4.85. The predicted molar refractivity (Wildman–Crippen MR) is 81.0 cm³/mol. The van der Waals surface area contributed by atoms with Gasteiger partial charge in [-0.1, -0.05) is 23.2 Å². The van der Waals surface area contributed by atoms with E-state index in [1.54, 1.807) is 6.07 Å². The summed E-state index contributed by atoms with van der Waals surface area (Å²) in [4.78, 5) is 21.9. The number of carbonyl (C=O) groups excluding carboxylic acids is 1. The standard InChI is InChI=1S/C14H9Cl2NO5/c1-21-14(18)10-7-9(17(19)20)3-5-12(10)22-13-4-2-8(15)6-11(13)16/h2-7H,1H3. The number of non-ortho nitro benzene ring substituents is 1. The van der Waals surface area contributed by atoms with Gasteiger partial charge in [0.05, 0.1) is 17.1 Å². The monoisotopic (exact) mass is 341 g/mol. The van der Waals surface area contributed by atoms with E-state index in [1.807, 2.05) is 0 Å². The van der Waals surface area contributed by atoms with Crippen LogP contribution >= 0.6 is 23.2 Å². The minimum absolute atomic E-state index is 0.0808. The Morgan fingerprint density at radius 1 is 1.14 bits per heavy atom. The highest BCUT2D eigenvalue weighted by molar-refractivity contribution is 6.35. The molecule has 2 aromatic carbocycles. The van der Waals surface area contributed by atoms with Gasteiger partial charge in [0.2, 0.25) is 0 Å². The number of hydrogen-bond acceptors (Lipinski definition) is 5. The third-order valence-electron chi connectivity index (χ3n) is 2.69. The lowest BCUT2D eigenvalue weighted by atomic mass is 10.2. The summed E-state index contributed by atoms with van der Waals surface area (Å²) in [5, 5.41) is 11.5. The van der Waals surface area contributed by atoms with Gasteiger partial charge in [0.25, 0.3) is 5.69 Å². The van der Waals surface area contributed by atoms with E-state index in [1.165, 1.54) is 31.4 Å². The van der Waals surface area contributed by atoms with Gasteiger partial charge in [-0.15, -0.1) is 0 Å². The summed E-state index contributed by atoms with van der Waals surface area (Å²) in [6.07, 6.45) is 0. The molecular weight excluding hydrogens is 333 g/mol. The van der Waals surface area contributed by atoms with E-state index in [2.05, 4.69) is 4.74 Å². The summed E-state index contributed by atoms with van der Waals surface area (Å²) in [5.74, 6) is -0.421. The van der Waals surface area contributed by atoms with Crippen LogP contribution in [0.4, 0.5) is 5.69 Å². The van der Waals surface area contributed by atoms with E-state index >= 15 is 0 Å². The predicted octanol–water partition coefficient (Wildman–Crippen LogP) is 4.48. The van der Waals surface area contributed by atoms with Gasteiger partial charge in [0.1, 0.15) is 17.1 Å². The summed E-state index contributed by atoms with van der Waals surface area (Å²) in [5.41, 5.74) is -0.335. The first-order chi connectivity index (χ1) is 10.4. The number of carbonyl (C=O) groups is 1. The van der Waals surface area contributed by atoms with E-state index in [9.17, 15) is 14.9 Å². The second-order valence-corrected chi connectivity index (χ2v) is 4.95. The summed E-state index contributed by atoms with van der Waals surface area (Å²) in [7, 11) is 1.17. The Morgan fingerprint density at radius 2 is 1.82 bits per heavy atom. The lowest BCUT2D eigenvalue weighted by Crippen LogP contribution is -2.05. The zero-order valence-electron chi connectivity index (χ0n) is 11.2. The fourth-order valence-electron chi connectivity index (χ4n) is 1.67. The number of nitrogens with zero attached hydrogens (tertiary/aromatic N) is 1. The van der Waals surface area contributed by atoms with Gasteiger partial charge in [0.15, 0.2) is 0 Å². The maximum Gasteiger partial charge on any atom is 0.341 e. The molecule has 0 saturated heterocycles. The number of benzene rings is 2. The lowest BCUT2D eigenvalue weighted by molar-refractivity contribution is -0.384. The average molecular weight is 342 g/mol. The Balaban J connectivity index is 2.45. The summed E-state index contributed by atoms with van der Waals surface area (Å²) in [6, 6.07) is 8.15. The topological polar surface area (TPSA) is 78.7 Å². The molecule has 0 aliphatic heterocycles. The number of nitro groups is 1. The molecule has 2 aromatic rings. The van der Waals surface area contributed by atoms with Gasteiger partial charge < -0.3 is 9.47 Å². The highest BCUT2D eigenvalue weighted by atomic mass is 35.5. The number of esters is 1. The van der Waals surface area contributed by atoms with Gasteiger partial charge in [-0.3, -0.25) is 10.1 Å². The van der Waals surface area contributed by atoms with Gasteiger partial charge >= 0.3 is 5.97 Å². The summed E-state index contributed by atoms with van der Waals surface area (Å²) >= 11 is 11.8. The van der Waals surface area contributed by atoms with E-state index in [0.717, 1.165) is 6.07 Å². The maximum absolute atomic E-state index is 11.8. The quantitative estimate of drug-likeness (QED) is 0.465. The Morgan fingerprint density at radius 3 is 2.41 bits per heavy atom. The van der Waals surface area contributed by atoms with Gasteiger partial charge in [0, 0.05) is 17.2 Å². The van der Waals surface area contributed by atoms with Crippen LogP contribution in [-0.4, -0.2) is 18.0 Å². The van der Waals surface area contributed by atoms with Crippen molar-refractivity contribution in [1.29, 1.82) is 0 Å². The van der Waals surface area contributed by atoms with Crippen LogP contribution in [0, 0.1) is 10.1 Å². The molecule has 0 amide bonds. The van der Waals surface area contributed by atoms with Crippen LogP contribution in [0.1, 0.15) is 10.4 Å². The SMILES string of the molecule is COC(=O)c1cc([N+](=O)[O-])ccc1Oc1ccc(Cl)cc1Cl. The highest BCUT2D eigenvalue weighted by Gasteiger charge is 2.19. The van der Waals surface area contributed by atoms with Crippen LogP contribution in [-0.2, 0) is 4.74 Å². The molecule has 0 fully saturated rings. The van der Waals surface area contributed by atoms with E-state index in [0.29, 0.717) is 5.02 Å². The van der Waals surface area contributed by atoms with Gasteiger partial charge in [-0.05, 0) is 24.3 Å². The lowest BCUT2D eigenvalue weighted by Gasteiger charge is -2.11. The zero-order valence-corrected chi connectivity index (χ0v) is 12.7. The van der Waals surface area contributed by atoms with Crippen LogP contribution < -0.4 is 4.74 Å². The fraction of sp³-hybridized carbons (Fsp3) is 0.0714. The highest BCUT2D eigenvalue weighted by Crippen LogP contribution is 2.34.